The number of aromatic nitrogens is 7. The highest BCUT2D eigenvalue weighted by Crippen LogP contribution is 2.34. The molecule has 2 aliphatic rings. The van der Waals surface area contributed by atoms with Gasteiger partial charge in [0.1, 0.15) is 11.6 Å². The summed E-state index contributed by atoms with van der Waals surface area (Å²) in [6.45, 7) is -2.56. The van der Waals surface area contributed by atoms with Crippen LogP contribution in [0.5, 0.6) is 0 Å². The highest BCUT2D eigenvalue weighted by Gasteiger charge is 2.37. The number of hydrogen-bond donors (Lipinski definition) is 3. The van der Waals surface area contributed by atoms with Crippen LogP contribution in [0.15, 0.2) is 49.2 Å². The van der Waals surface area contributed by atoms with Crippen molar-refractivity contribution < 1.29 is 22.3 Å². The van der Waals surface area contributed by atoms with Crippen LogP contribution in [-0.2, 0) is 10.0 Å². The van der Waals surface area contributed by atoms with Crippen molar-refractivity contribution in [3.63, 3.8) is 0 Å². The highest BCUT2D eigenvalue weighted by atomic mass is 32.2. The molecule has 0 radical (unpaired) electrons. The van der Waals surface area contributed by atoms with Crippen LogP contribution < -0.4 is 10.6 Å². The Kier molecular flexibility index (Phi) is 7.86. The lowest BCUT2D eigenvalue weighted by molar-refractivity contribution is 0.0568. The van der Waals surface area contributed by atoms with Crippen molar-refractivity contribution in [1.29, 1.82) is 0 Å². The van der Waals surface area contributed by atoms with E-state index in [1.807, 2.05) is 0 Å². The van der Waals surface area contributed by atoms with E-state index in [-0.39, 0.29) is 12.6 Å². The number of pyridine rings is 1. The van der Waals surface area contributed by atoms with Crippen molar-refractivity contribution in [3.8, 4) is 22.6 Å². The Morgan fingerprint density at radius 3 is 2.57 bits per heavy atom. The zero-order valence-electron chi connectivity index (χ0n) is 22.6. The Labute approximate surface area is 241 Å². The third-order valence-corrected chi connectivity index (χ3v) is 9.70. The maximum atomic E-state index is 13.2. The molecule has 15 heteroatoms. The predicted octanol–water partition coefficient (Wildman–Crippen LogP) is 4.43. The van der Waals surface area contributed by atoms with Gasteiger partial charge in [0.05, 0.1) is 28.9 Å². The smallest absolute Gasteiger partial charge is 0.333 e. The Balaban J connectivity index is 1.24. The van der Waals surface area contributed by atoms with Gasteiger partial charge in [-0.15, -0.1) is 0 Å². The first-order chi connectivity index (χ1) is 20.3. The second kappa shape index (κ2) is 11.7. The molecular weight excluding hydrogens is 568 g/mol. The molecule has 3 N–H and O–H groups in total. The van der Waals surface area contributed by atoms with Gasteiger partial charge in [0.25, 0.3) is 10.0 Å². The molecule has 4 heterocycles. The summed E-state index contributed by atoms with van der Waals surface area (Å²) in [4.78, 5) is 13.3. The Morgan fingerprint density at radius 2 is 1.86 bits per heavy atom. The SMILES string of the molecule is O=S(=O)(C1CC1)n1cc(-c2nccc(Nc3cc(NC4CCC(CCO)CC4)c(-c4ccn(C(F)F)n4)cn3)n2)cn1. The number of alkyl halides is 2. The summed E-state index contributed by atoms with van der Waals surface area (Å²) in [5.41, 5.74) is 2.11. The number of rotatable bonds is 11. The monoisotopic (exact) mass is 599 g/mol. The van der Waals surface area contributed by atoms with Gasteiger partial charge in [0.2, 0.25) is 0 Å². The van der Waals surface area contributed by atoms with Crippen molar-refractivity contribution in [3.05, 3.63) is 49.2 Å². The van der Waals surface area contributed by atoms with Crippen LogP contribution in [0.4, 0.5) is 26.1 Å². The molecule has 2 aliphatic carbocycles. The van der Waals surface area contributed by atoms with E-state index < -0.39 is 21.8 Å². The molecule has 42 heavy (non-hydrogen) atoms. The van der Waals surface area contributed by atoms with Crippen LogP contribution in [0, 0.1) is 5.92 Å². The van der Waals surface area contributed by atoms with E-state index in [9.17, 15) is 22.3 Å². The molecule has 0 amide bonds. The van der Waals surface area contributed by atoms with Crippen molar-refractivity contribution in [2.75, 3.05) is 17.2 Å². The molecule has 12 nitrogen and oxygen atoms in total. The molecule has 0 atom stereocenters. The normalized spacial score (nSPS) is 19.2. The second-order valence-corrected chi connectivity index (χ2v) is 12.8. The van der Waals surface area contributed by atoms with Gasteiger partial charge in [-0.2, -0.15) is 23.1 Å². The molecule has 0 aliphatic heterocycles. The van der Waals surface area contributed by atoms with Gasteiger partial charge in [0, 0.05) is 48.6 Å². The fourth-order valence-corrected chi connectivity index (χ4v) is 6.69. The molecule has 0 bridgehead atoms. The first-order valence-corrected chi connectivity index (χ1v) is 15.4. The van der Waals surface area contributed by atoms with Crippen molar-refractivity contribution in [2.24, 2.45) is 5.92 Å². The summed E-state index contributed by atoms with van der Waals surface area (Å²) in [7, 11) is -3.51. The van der Waals surface area contributed by atoms with Gasteiger partial charge in [-0.25, -0.2) is 28.1 Å². The zero-order valence-corrected chi connectivity index (χ0v) is 23.5. The van der Waals surface area contributed by atoms with E-state index in [0.29, 0.717) is 63.4 Å². The third kappa shape index (κ3) is 6.11. The van der Waals surface area contributed by atoms with Crippen LogP contribution in [0.25, 0.3) is 22.6 Å². The van der Waals surface area contributed by atoms with Crippen molar-refractivity contribution in [2.45, 2.75) is 62.8 Å². The number of anilines is 3. The topological polar surface area (TPSA) is 153 Å². The average Bonchev–Trinajstić information content (AvgIpc) is 3.52. The number of aliphatic hydroxyl groups is 1. The lowest BCUT2D eigenvalue weighted by Gasteiger charge is -2.30. The molecule has 222 valence electrons. The molecule has 0 unspecified atom stereocenters. The number of nitrogens with zero attached hydrogens (tertiary/aromatic N) is 7. The van der Waals surface area contributed by atoms with Gasteiger partial charge < -0.3 is 15.7 Å². The molecule has 0 aromatic carbocycles. The van der Waals surface area contributed by atoms with Crippen molar-refractivity contribution >= 4 is 27.3 Å². The van der Waals surface area contributed by atoms with Gasteiger partial charge in [-0.3, -0.25) is 0 Å². The summed E-state index contributed by atoms with van der Waals surface area (Å²) < 4.78 is 53.1. The lowest BCUT2D eigenvalue weighted by atomic mass is 9.84. The number of halogens is 2. The minimum Gasteiger partial charge on any atom is -0.396 e. The van der Waals surface area contributed by atoms with E-state index >= 15 is 0 Å². The number of aliphatic hydroxyl groups excluding tert-OH is 1. The fraction of sp³-hybridized carbons (Fsp3) is 0.444. The molecule has 2 saturated carbocycles. The van der Waals surface area contributed by atoms with Gasteiger partial charge in [-0.05, 0) is 63.0 Å². The molecular formula is C27H31F2N9O3S. The Hall–Kier alpha value is -3.98. The minimum absolute atomic E-state index is 0.167. The third-order valence-electron chi connectivity index (χ3n) is 7.67. The predicted molar refractivity (Wildman–Crippen MR) is 152 cm³/mol. The molecule has 4 aromatic rings. The maximum absolute atomic E-state index is 13.2. The van der Waals surface area contributed by atoms with E-state index in [1.165, 1.54) is 24.7 Å². The van der Waals surface area contributed by atoms with Crippen LogP contribution in [-0.4, -0.2) is 65.3 Å². The Bertz CT molecular complexity index is 1650. The first kappa shape index (κ1) is 28.2. The van der Waals surface area contributed by atoms with Crippen LogP contribution in [0.2, 0.25) is 0 Å². The van der Waals surface area contributed by atoms with E-state index in [0.717, 1.165) is 36.2 Å². The standard InChI is InChI=1S/C27H31F2N9O3S/c28-27(29)37-11-8-22(36-37)21-15-31-25(13-23(21)33-19-3-1-17(2-4-19)9-12-39)34-24-7-10-30-26(35-24)18-14-32-38(16-18)42(40,41)20-5-6-20/h7-8,10-11,13-17,19-20,27,39H,1-6,9,12H2,(H2,30,31,33,34,35). The summed E-state index contributed by atoms with van der Waals surface area (Å²) in [6.07, 6.45) is 13.1. The average molecular weight is 600 g/mol. The molecule has 0 saturated heterocycles. The van der Waals surface area contributed by atoms with Gasteiger partial charge in [0.15, 0.2) is 5.82 Å². The second-order valence-electron chi connectivity index (χ2n) is 10.7. The summed E-state index contributed by atoms with van der Waals surface area (Å²) in [5, 5.41) is 23.7. The Morgan fingerprint density at radius 1 is 1.05 bits per heavy atom. The number of nitrogens with one attached hydrogen (secondary N) is 2. The zero-order chi connectivity index (χ0) is 29.3. The van der Waals surface area contributed by atoms with Crippen LogP contribution in [0.1, 0.15) is 51.5 Å². The molecule has 0 spiro atoms. The molecule has 4 aromatic heterocycles. The largest absolute Gasteiger partial charge is 0.396 e. The fourth-order valence-electron chi connectivity index (χ4n) is 5.21. The van der Waals surface area contributed by atoms with Gasteiger partial charge in [-0.1, -0.05) is 0 Å². The minimum atomic E-state index is -3.51. The molecule has 6 rings (SSSR count). The summed E-state index contributed by atoms with van der Waals surface area (Å²) >= 11 is 0. The molecule has 2 fully saturated rings. The summed E-state index contributed by atoms with van der Waals surface area (Å²) in [6, 6.07) is 5.14. The van der Waals surface area contributed by atoms with E-state index in [2.05, 4.69) is 35.8 Å². The van der Waals surface area contributed by atoms with Crippen LogP contribution >= 0.6 is 0 Å². The maximum Gasteiger partial charge on any atom is 0.333 e. The van der Waals surface area contributed by atoms with Gasteiger partial charge >= 0.3 is 6.55 Å². The quantitative estimate of drug-likeness (QED) is 0.226. The number of hydrogen-bond acceptors (Lipinski definition) is 10. The van der Waals surface area contributed by atoms with E-state index in [1.54, 1.807) is 24.5 Å². The highest BCUT2D eigenvalue weighted by molar-refractivity contribution is 7.90. The summed E-state index contributed by atoms with van der Waals surface area (Å²) in [5.74, 6) is 1.68. The lowest BCUT2D eigenvalue weighted by Crippen LogP contribution is -2.26. The van der Waals surface area contributed by atoms with Crippen LogP contribution in [0.3, 0.4) is 0 Å². The van der Waals surface area contributed by atoms with Crippen molar-refractivity contribution in [1.82, 2.24) is 33.9 Å². The first-order valence-electron chi connectivity index (χ1n) is 13.9. The van der Waals surface area contributed by atoms with E-state index in [4.69, 9.17) is 0 Å².